The predicted molar refractivity (Wildman–Crippen MR) is 75.5 cm³/mol. The van der Waals surface area contributed by atoms with Crippen molar-refractivity contribution in [3.05, 3.63) is 11.8 Å². The molecule has 0 radical (unpaired) electrons. The summed E-state index contributed by atoms with van der Waals surface area (Å²) in [6.45, 7) is 0. The van der Waals surface area contributed by atoms with Crippen molar-refractivity contribution < 1.29 is 10.0 Å². The number of nitrogens with one attached hydrogen (secondary N) is 2. The summed E-state index contributed by atoms with van der Waals surface area (Å²) in [4.78, 5) is 11.9. The van der Waals surface area contributed by atoms with E-state index in [1.165, 1.54) is 38.3 Å². The monoisotopic (exact) mass is 279 g/mol. The van der Waals surface area contributed by atoms with Gasteiger partial charge in [0.15, 0.2) is 5.84 Å². The van der Waals surface area contributed by atoms with Gasteiger partial charge in [0.1, 0.15) is 5.82 Å². The highest BCUT2D eigenvalue weighted by Gasteiger charge is 2.16. The minimum atomic E-state index is -0.0821. The normalized spacial score (nSPS) is 17.1. The van der Waals surface area contributed by atoms with E-state index in [0.29, 0.717) is 23.7 Å². The Balaban J connectivity index is 1.83. The van der Waals surface area contributed by atoms with Gasteiger partial charge in [-0.25, -0.2) is 0 Å². The average molecular weight is 279 g/mol. The lowest BCUT2D eigenvalue weighted by Crippen LogP contribution is -2.19. The molecule has 20 heavy (non-hydrogen) atoms. The highest BCUT2D eigenvalue weighted by Crippen LogP contribution is 2.27. The quantitative estimate of drug-likeness (QED) is 0.284. The zero-order chi connectivity index (χ0) is 14.4. The molecule has 1 aromatic heterocycles. The third-order valence-corrected chi connectivity index (χ3v) is 3.79. The largest absolute Gasteiger partial charge is 0.409 e. The molecule has 7 heteroatoms. The summed E-state index contributed by atoms with van der Waals surface area (Å²) in [5, 5.41) is 20.7. The summed E-state index contributed by atoms with van der Waals surface area (Å²) in [5.41, 5.74) is 5.88. The summed E-state index contributed by atoms with van der Waals surface area (Å²) < 4.78 is 0. The van der Waals surface area contributed by atoms with Gasteiger partial charge in [0.05, 0.1) is 11.8 Å². The molecule has 5 N–H and O–H groups in total. The molecule has 110 valence electrons. The lowest BCUT2D eigenvalue weighted by Gasteiger charge is -2.20. The third kappa shape index (κ3) is 3.72. The van der Waals surface area contributed by atoms with Gasteiger partial charge in [-0.15, -0.1) is 0 Å². The van der Waals surface area contributed by atoms with Crippen LogP contribution >= 0.6 is 0 Å². The Labute approximate surface area is 117 Å². The Morgan fingerprint density at radius 2 is 2.25 bits per heavy atom. The number of aromatic nitrogens is 2. The van der Waals surface area contributed by atoms with Crippen molar-refractivity contribution in [2.45, 2.75) is 44.9 Å². The SMILES string of the molecule is NC(=NO)c1cn[nH]c1NC(=O)CCC1CCCCC1. The number of oxime groups is 1. The van der Waals surface area contributed by atoms with Crippen LogP contribution in [0, 0.1) is 5.92 Å². The van der Waals surface area contributed by atoms with E-state index in [1.807, 2.05) is 0 Å². The zero-order valence-corrected chi connectivity index (χ0v) is 11.4. The van der Waals surface area contributed by atoms with Crippen LogP contribution in [0.15, 0.2) is 11.4 Å². The van der Waals surface area contributed by atoms with Gasteiger partial charge in [0.25, 0.3) is 0 Å². The lowest BCUT2D eigenvalue weighted by atomic mass is 9.86. The van der Waals surface area contributed by atoms with Crippen LogP contribution in [-0.2, 0) is 4.79 Å². The number of anilines is 1. The maximum absolute atomic E-state index is 11.9. The number of rotatable bonds is 5. The van der Waals surface area contributed by atoms with Crippen molar-refractivity contribution >= 4 is 17.6 Å². The van der Waals surface area contributed by atoms with E-state index in [0.717, 1.165) is 6.42 Å². The topological polar surface area (TPSA) is 116 Å². The molecular weight excluding hydrogens is 258 g/mol. The summed E-state index contributed by atoms with van der Waals surface area (Å²) in [7, 11) is 0. The molecule has 0 atom stereocenters. The number of amidine groups is 1. The van der Waals surface area contributed by atoms with Gasteiger partial charge in [0, 0.05) is 6.42 Å². The van der Waals surface area contributed by atoms with Crippen LogP contribution in [0.2, 0.25) is 0 Å². The number of aromatic amines is 1. The maximum Gasteiger partial charge on any atom is 0.225 e. The van der Waals surface area contributed by atoms with E-state index < -0.39 is 0 Å². The van der Waals surface area contributed by atoms with Crippen molar-refractivity contribution in [2.75, 3.05) is 5.32 Å². The molecule has 0 aromatic carbocycles. The van der Waals surface area contributed by atoms with Crippen LogP contribution in [0.3, 0.4) is 0 Å². The van der Waals surface area contributed by atoms with E-state index in [4.69, 9.17) is 10.9 Å². The van der Waals surface area contributed by atoms with Gasteiger partial charge in [-0.1, -0.05) is 37.3 Å². The molecule has 0 unspecified atom stereocenters. The van der Waals surface area contributed by atoms with E-state index >= 15 is 0 Å². The fourth-order valence-electron chi connectivity index (χ4n) is 2.64. The summed E-state index contributed by atoms with van der Waals surface area (Å²) in [5.74, 6) is 0.877. The molecule has 0 saturated heterocycles. The smallest absolute Gasteiger partial charge is 0.225 e. The molecule has 1 aliphatic rings. The standard InChI is InChI=1S/C13H21N5O2/c14-12(18-20)10-8-15-17-13(10)16-11(19)7-6-9-4-2-1-3-5-9/h8-9,20H,1-7H2,(H2,14,18)(H2,15,16,17,19). The number of nitrogens with zero attached hydrogens (tertiary/aromatic N) is 2. The first-order chi connectivity index (χ1) is 9.70. The molecule has 7 nitrogen and oxygen atoms in total. The number of H-pyrrole nitrogens is 1. The van der Waals surface area contributed by atoms with E-state index in [1.54, 1.807) is 0 Å². The minimum Gasteiger partial charge on any atom is -0.409 e. The van der Waals surface area contributed by atoms with Crippen LogP contribution in [0.1, 0.15) is 50.5 Å². The number of amides is 1. The zero-order valence-electron chi connectivity index (χ0n) is 11.4. The van der Waals surface area contributed by atoms with Crippen LogP contribution < -0.4 is 11.1 Å². The third-order valence-electron chi connectivity index (χ3n) is 3.79. The van der Waals surface area contributed by atoms with Gasteiger partial charge in [-0.3, -0.25) is 9.89 Å². The highest BCUT2D eigenvalue weighted by atomic mass is 16.4. The fraction of sp³-hybridized carbons (Fsp3) is 0.615. The van der Waals surface area contributed by atoms with Crippen molar-refractivity contribution in [3.8, 4) is 0 Å². The molecule has 1 aliphatic carbocycles. The van der Waals surface area contributed by atoms with Gasteiger partial charge in [0.2, 0.25) is 5.91 Å². The molecule has 1 saturated carbocycles. The van der Waals surface area contributed by atoms with Crippen LogP contribution in [0.5, 0.6) is 0 Å². The Morgan fingerprint density at radius 3 is 2.95 bits per heavy atom. The molecule has 1 fully saturated rings. The molecular formula is C13H21N5O2. The van der Waals surface area contributed by atoms with Crippen molar-refractivity contribution in [1.82, 2.24) is 10.2 Å². The van der Waals surface area contributed by atoms with Gasteiger partial charge in [-0.05, 0) is 12.3 Å². The highest BCUT2D eigenvalue weighted by molar-refractivity contribution is 6.04. The predicted octanol–water partition coefficient (Wildman–Crippen LogP) is 1.80. The Kier molecular flexibility index (Phi) is 4.97. The second kappa shape index (κ2) is 6.93. The number of nitrogens with two attached hydrogens (primary N) is 1. The Bertz CT molecular complexity index is 477. The Hall–Kier alpha value is -2.05. The summed E-state index contributed by atoms with van der Waals surface area (Å²) >= 11 is 0. The Morgan fingerprint density at radius 1 is 1.50 bits per heavy atom. The van der Waals surface area contributed by atoms with Crippen molar-refractivity contribution in [2.24, 2.45) is 16.8 Å². The number of carbonyl (C=O) groups excluding carboxylic acids is 1. The van der Waals surface area contributed by atoms with Gasteiger partial charge in [-0.2, -0.15) is 5.10 Å². The lowest BCUT2D eigenvalue weighted by molar-refractivity contribution is -0.116. The number of hydrogen-bond donors (Lipinski definition) is 4. The summed E-state index contributed by atoms with van der Waals surface area (Å²) in [6.07, 6.45) is 9.14. The molecule has 1 heterocycles. The van der Waals surface area contributed by atoms with Crippen molar-refractivity contribution in [1.29, 1.82) is 0 Å². The van der Waals surface area contributed by atoms with Gasteiger partial charge >= 0.3 is 0 Å². The van der Waals surface area contributed by atoms with E-state index in [9.17, 15) is 4.79 Å². The summed E-state index contributed by atoms with van der Waals surface area (Å²) in [6, 6.07) is 0. The minimum absolute atomic E-state index is 0.0770. The number of carbonyl (C=O) groups is 1. The molecule has 0 bridgehead atoms. The molecule has 0 aliphatic heterocycles. The van der Waals surface area contributed by atoms with Crippen LogP contribution in [0.25, 0.3) is 0 Å². The average Bonchev–Trinajstić information content (AvgIpc) is 2.93. The van der Waals surface area contributed by atoms with E-state index in [2.05, 4.69) is 20.7 Å². The second-order valence-corrected chi connectivity index (χ2v) is 5.23. The molecule has 1 aromatic rings. The first-order valence-electron chi connectivity index (χ1n) is 7.02. The first kappa shape index (κ1) is 14.4. The second-order valence-electron chi connectivity index (χ2n) is 5.23. The van der Waals surface area contributed by atoms with E-state index in [-0.39, 0.29) is 11.7 Å². The van der Waals surface area contributed by atoms with Crippen LogP contribution in [-0.4, -0.2) is 27.1 Å². The van der Waals surface area contributed by atoms with Crippen LogP contribution in [0.4, 0.5) is 5.82 Å². The maximum atomic E-state index is 11.9. The molecule has 1 amide bonds. The first-order valence-corrected chi connectivity index (χ1v) is 7.02. The number of hydrogen-bond acceptors (Lipinski definition) is 4. The van der Waals surface area contributed by atoms with Crippen molar-refractivity contribution in [3.63, 3.8) is 0 Å². The molecule has 2 rings (SSSR count). The fourth-order valence-corrected chi connectivity index (χ4v) is 2.64. The molecule has 0 spiro atoms. The van der Waals surface area contributed by atoms with Gasteiger partial charge < -0.3 is 16.3 Å².